The summed E-state index contributed by atoms with van der Waals surface area (Å²) in [5.74, 6) is 7.29. The summed E-state index contributed by atoms with van der Waals surface area (Å²) in [7, 11) is 1.64. The van der Waals surface area contributed by atoms with Crippen LogP contribution in [-0.2, 0) is 6.42 Å². The zero-order valence-corrected chi connectivity index (χ0v) is 9.75. The lowest BCUT2D eigenvalue weighted by Crippen LogP contribution is -2.06. The molecule has 1 aromatic carbocycles. The van der Waals surface area contributed by atoms with Crippen LogP contribution in [0.1, 0.15) is 12.5 Å². The van der Waals surface area contributed by atoms with Gasteiger partial charge < -0.3 is 15.2 Å². The van der Waals surface area contributed by atoms with Crippen molar-refractivity contribution in [2.45, 2.75) is 13.3 Å². The molecule has 3 nitrogen and oxygen atoms in total. The third-order valence-electron chi connectivity index (χ3n) is 2.16. The molecule has 0 heterocycles. The fourth-order valence-electron chi connectivity index (χ4n) is 1.36. The average molecular weight is 219 g/mol. The van der Waals surface area contributed by atoms with Crippen molar-refractivity contribution < 1.29 is 9.47 Å². The number of benzene rings is 1. The van der Waals surface area contributed by atoms with Gasteiger partial charge in [-0.25, -0.2) is 0 Å². The van der Waals surface area contributed by atoms with Gasteiger partial charge in [0.1, 0.15) is 18.1 Å². The number of ether oxygens (including phenoxy) is 2. The molecule has 1 rings (SSSR count). The normalized spacial score (nSPS) is 9.19. The largest absolute Gasteiger partial charge is 0.497 e. The van der Waals surface area contributed by atoms with Gasteiger partial charge in [0, 0.05) is 0 Å². The van der Waals surface area contributed by atoms with Crippen LogP contribution in [-0.4, -0.2) is 20.3 Å². The van der Waals surface area contributed by atoms with Crippen molar-refractivity contribution in [3.8, 4) is 23.3 Å². The molecule has 0 fully saturated rings. The van der Waals surface area contributed by atoms with Gasteiger partial charge >= 0.3 is 0 Å². The summed E-state index contributed by atoms with van der Waals surface area (Å²) < 4.78 is 10.7. The minimum atomic E-state index is 0.403. The number of rotatable bonds is 5. The van der Waals surface area contributed by atoms with Crippen LogP contribution >= 0.6 is 0 Å². The van der Waals surface area contributed by atoms with E-state index >= 15 is 0 Å². The zero-order chi connectivity index (χ0) is 11.8. The zero-order valence-electron chi connectivity index (χ0n) is 9.75. The summed E-state index contributed by atoms with van der Waals surface area (Å²) in [6, 6.07) is 5.71. The maximum absolute atomic E-state index is 5.55. The Kier molecular flexibility index (Phi) is 5.24. The van der Waals surface area contributed by atoms with Gasteiger partial charge in [-0.3, -0.25) is 0 Å². The van der Waals surface area contributed by atoms with Gasteiger partial charge in [-0.15, -0.1) is 5.92 Å². The van der Waals surface area contributed by atoms with Crippen LogP contribution in [0.4, 0.5) is 0 Å². The predicted octanol–water partition coefficient (Wildman–Crippen LogP) is 1.60. The number of hydrogen-bond donors (Lipinski definition) is 1. The van der Waals surface area contributed by atoms with Crippen LogP contribution in [0.5, 0.6) is 11.5 Å². The highest BCUT2D eigenvalue weighted by atomic mass is 16.5. The van der Waals surface area contributed by atoms with Gasteiger partial charge in [-0.2, -0.15) is 0 Å². The van der Waals surface area contributed by atoms with Gasteiger partial charge in [-0.1, -0.05) is 5.92 Å². The fraction of sp³-hybridized carbons (Fsp3) is 0.385. The monoisotopic (exact) mass is 219 g/mol. The van der Waals surface area contributed by atoms with Crippen molar-refractivity contribution in [1.29, 1.82) is 0 Å². The Balaban J connectivity index is 2.82. The number of hydrogen-bond acceptors (Lipinski definition) is 3. The molecule has 0 saturated heterocycles. The molecule has 16 heavy (non-hydrogen) atoms. The minimum absolute atomic E-state index is 0.403. The minimum Gasteiger partial charge on any atom is -0.497 e. The molecule has 86 valence electrons. The van der Waals surface area contributed by atoms with Crippen molar-refractivity contribution >= 4 is 0 Å². The predicted molar refractivity (Wildman–Crippen MR) is 64.7 cm³/mol. The van der Waals surface area contributed by atoms with E-state index in [2.05, 4.69) is 11.8 Å². The topological polar surface area (TPSA) is 44.5 Å². The first-order valence-corrected chi connectivity index (χ1v) is 5.21. The highest BCUT2D eigenvalue weighted by Crippen LogP contribution is 2.24. The molecule has 2 N–H and O–H groups in total. The Labute approximate surface area is 96.6 Å². The maximum Gasteiger partial charge on any atom is 0.149 e. The standard InChI is InChI=1S/C13H17NO2/c1-3-4-9-16-13-6-5-12(15-2)10-11(13)7-8-14/h5-6,10H,7-9,14H2,1-2H3. The van der Waals surface area contributed by atoms with Gasteiger partial charge in [-0.05, 0) is 43.7 Å². The van der Waals surface area contributed by atoms with Crippen molar-refractivity contribution in [3.05, 3.63) is 23.8 Å². The van der Waals surface area contributed by atoms with E-state index in [1.165, 1.54) is 0 Å². The molecule has 0 aliphatic heterocycles. The summed E-state index contributed by atoms with van der Waals surface area (Å²) in [6.45, 7) is 2.78. The van der Waals surface area contributed by atoms with E-state index in [1.807, 2.05) is 18.2 Å². The molecule has 0 aromatic heterocycles. The molecule has 0 spiro atoms. The van der Waals surface area contributed by atoms with E-state index in [9.17, 15) is 0 Å². The molecule has 0 aliphatic carbocycles. The van der Waals surface area contributed by atoms with E-state index in [0.29, 0.717) is 13.2 Å². The van der Waals surface area contributed by atoms with Crippen LogP contribution in [0.15, 0.2) is 18.2 Å². The van der Waals surface area contributed by atoms with Crippen molar-refractivity contribution in [2.75, 3.05) is 20.3 Å². The smallest absolute Gasteiger partial charge is 0.149 e. The highest BCUT2D eigenvalue weighted by molar-refractivity contribution is 5.40. The van der Waals surface area contributed by atoms with E-state index in [0.717, 1.165) is 23.5 Å². The van der Waals surface area contributed by atoms with Gasteiger partial charge in [0.15, 0.2) is 0 Å². The van der Waals surface area contributed by atoms with Crippen molar-refractivity contribution in [1.82, 2.24) is 0 Å². The first-order valence-electron chi connectivity index (χ1n) is 5.21. The van der Waals surface area contributed by atoms with Gasteiger partial charge in [0.25, 0.3) is 0 Å². The lowest BCUT2D eigenvalue weighted by molar-refractivity contribution is 0.363. The second-order valence-electron chi connectivity index (χ2n) is 3.23. The third kappa shape index (κ3) is 3.48. The van der Waals surface area contributed by atoms with E-state index in [-0.39, 0.29) is 0 Å². The fourth-order valence-corrected chi connectivity index (χ4v) is 1.36. The molecule has 3 heteroatoms. The Morgan fingerprint density at radius 3 is 2.81 bits per heavy atom. The van der Waals surface area contributed by atoms with Crippen LogP contribution < -0.4 is 15.2 Å². The molecule has 0 radical (unpaired) electrons. The van der Waals surface area contributed by atoms with Crippen LogP contribution in [0, 0.1) is 11.8 Å². The summed E-state index contributed by atoms with van der Waals surface area (Å²) in [5, 5.41) is 0. The Morgan fingerprint density at radius 2 is 2.19 bits per heavy atom. The van der Waals surface area contributed by atoms with E-state index < -0.39 is 0 Å². The van der Waals surface area contributed by atoms with Crippen LogP contribution in [0.25, 0.3) is 0 Å². The quantitative estimate of drug-likeness (QED) is 0.765. The summed E-state index contributed by atoms with van der Waals surface area (Å²) in [5.41, 5.74) is 6.61. The summed E-state index contributed by atoms with van der Waals surface area (Å²) in [4.78, 5) is 0. The molecule has 0 bridgehead atoms. The van der Waals surface area contributed by atoms with Crippen molar-refractivity contribution in [3.63, 3.8) is 0 Å². The maximum atomic E-state index is 5.55. The third-order valence-corrected chi connectivity index (χ3v) is 2.16. The van der Waals surface area contributed by atoms with Crippen LogP contribution in [0.2, 0.25) is 0 Å². The SMILES string of the molecule is CC#CCOc1ccc(OC)cc1CCN. The van der Waals surface area contributed by atoms with Crippen molar-refractivity contribution in [2.24, 2.45) is 5.73 Å². The number of nitrogens with two attached hydrogens (primary N) is 1. The molecule has 0 aliphatic rings. The molecule has 0 unspecified atom stereocenters. The highest BCUT2D eigenvalue weighted by Gasteiger charge is 2.04. The molecule has 1 aromatic rings. The Bertz CT molecular complexity index is 391. The van der Waals surface area contributed by atoms with Crippen LogP contribution in [0.3, 0.4) is 0 Å². The first kappa shape index (κ1) is 12.4. The molecule has 0 atom stereocenters. The van der Waals surface area contributed by atoms with Gasteiger partial charge in [0.2, 0.25) is 0 Å². The Hall–Kier alpha value is -1.66. The summed E-state index contributed by atoms with van der Waals surface area (Å²) in [6.07, 6.45) is 0.770. The average Bonchev–Trinajstić information content (AvgIpc) is 2.31. The lowest BCUT2D eigenvalue weighted by atomic mass is 10.1. The Morgan fingerprint density at radius 1 is 1.38 bits per heavy atom. The van der Waals surface area contributed by atoms with Gasteiger partial charge in [0.05, 0.1) is 7.11 Å². The summed E-state index contributed by atoms with van der Waals surface area (Å²) >= 11 is 0. The second kappa shape index (κ2) is 6.76. The lowest BCUT2D eigenvalue weighted by Gasteiger charge is -2.10. The number of methoxy groups -OCH3 is 1. The first-order chi connectivity index (χ1) is 7.81. The second-order valence-corrected chi connectivity index (χ2v) is 3.23. The molecule has 0 saturated carbocycles. The van der Waals surface area contributed by atoms with E-state index in [1.54, 1.807) is 14.0 Å². The molecular formula is C13H17NO2. The molecular weight excluding hydrogens is 202 g/mol. The van der Waals surface area contributed by atoms with E-state index in [4.69, 9.17) is 15.2 Å². The molecule has 0 amide bonds.